The van der Waals surface area contributed by atoms with Gasteiger partial charge in [-0.3, -0.25) is 0 Å². The summed E-state index contributed by atoms with van der Waals surface area (Å²) in [6.45, 7) is 2.16. The van der Waals surface area contributed by atoms with Crippen LogP contribution < -0.4 is 0 Å². The molecule has 2 aromatic rings. The van der Waals surface area contributed by atoms with E-state index in [1.165, 1.54) is 16.0 Å². The number of hydrogen-bond acceptors (Lipinski definition) is 1. The maximum absolute atomic E-state index is 6.10. The average molecular weight is 299 g/mol. The first kappa shape index (κ1) is 13.9. The number of halogens is 2. The van der Waals surface area contributed by atoms with Crippen molar-refractivity contribution in [2.45, 2.75) is 19.8 Å². The molecule has 96 valence electrons. The van der Waals surface area contributed by atoms with E-state index in [2.05, 4.69) is 37.3 Å². The molecule has 1 unspecified atom stereocenters. The first-order valence-electron chi connectivity index (χ1n) is 6.03. The smallest absolute Gasteiger partial charge is 0.0931 e. The first-order valence-corrected chi connectivity index (χ1v) is 7.76. The van der Waals surface area contributed by atoms with Crippen molar-refractivity contribution in [2.24, 2.45) is 5.92 Å². The van der Waals surface area contributed by atoms with Gasteiger partial charge in [-0.05, 0) is 48.9 Å². The topological polar surface area (TPSA) is 0 Å². The molecule has 1 heterocycles. The predicted octanol–water partition coefficient (Wildman–Crippen LogP) is 5.35. The minimum atomic E-state index is 0.475. The fourth-order valence-corrected chi connectivity index (χ4v) is 3.50. The van der Waals surface area contributed by atoms with Gasteiger partial charge in [0.2, 0.25) is 0 Å². The van der Waals surface area contributed by atoms with Crippen LogP contribution in [-0.2, 0) is 12.8 Å². The summed E-state index contributed by atoms with van der Waals surface area (Å²) in [4.78, 5) is 1.32. The SMILES string of the molecule is Cc1ccccc1CC(CCl)Cc1ccc(Cl)s1. The molecule has 18 heavy (non-hydrogen) atoms. The van der Waals surface area contributed by atoms with Crippen LogP contribution in [-0.4, -0.2) is 5.88 Å². The second kappa shape index (κ2) is 6.60. The molecule has 0 nitrogen and oxygen atoms in total. The van der Waals surface area contributed by atoms with Gasteiger partial charge in [0.05, 0.1) is 4.34 Å². The normalized spacial score (nSPS) is 12.6. The van der Waals surface area contributed by atoms with E-state index in [1.54, 1.807) is 11.3 Å². The zero-order valence-electron chi connectivity index (χ0n) is 10.3. The van der Waals surface area contributed by atoms with Crippen molar-refractivity contribution in [3.8, 4) is 0 Å². The molecule has 0 radical (unpaired) electrons. The summed E-state index contributed by atoms with van der Waals surface area (Å²) in [5.74, 6) is 1.16. The maximum atomic E-state index is 6.10. The Morgan fingerprint density at radius 3 is 2.50 bits per heavy atom. The van der Waals surface area contributed by atoms with Crippen molar-refractivity contribution in [1.29, 1.82) is 0 Å². The average Bonchev–Trinajstić information content (AvgIpc) is 2.76. The standard InChI is InChI=1S/C15H16Cl2S/c1-11-4-2-3-5-13(11)8-12(10-16)9-14-6-7-15(17)18-14/h2-7,12H,8-10H2,1H3. The van der Waals surface area contributed by atoms with Crippen LogP contribution in [0.5, 0.6) is 0 Å². The summed E-state index contributed by atoms with van der Waals surface area (Å²) in [5.41, 5.74) is 2.74. The number of rotatable bonds is 5. The van der Waals surface area contributed by atoms with Gasteiger partial charge in [-0.25, -0.2) is 0 Å². The highest BCUT2D eigenvalue weighted by Gasteiger charge is 2.12. The van der Waals surface area contributed by atoms with Crippen LogP contribution in [0, 0.1) is 12.8 Å². The van der Waals surface area contributed by atoms with Crippen LogP contribution in [0.15, 0.2) is 36.4 Å². The lowest BCUT2D eigenvalue weighted by molar-refractivity contribution is 0.587. The Bertz CT molecular complexity index is 505. The van der Waals surface area contributed by atoms with Crippen LogP contribution in [0.4, 0.5) is 0 Å². The zero-order valence-corrected chi connectivity index (χ0v) is 12.7. The van der Waals surface area contributed by atoms with Crippen LogP contribution in [0.25, 0.3) is 0 Å². The van der Waals surface area contributed by atoms with E-state index >= 15 is 0 Å². The third-order valence-electron chi connectivity index (χ3n) is 3.11. The third-order valence-corrected chi connectivity index (χ3v) is 4.80. The van der Waals surface area contributed by atoms with Crippen molar-refractivity contribution in [1.82, 2.24) is 0 Å². The molecule has 0 spiro atoms. The van der Waals surface area contributed by atoms with Gasteiger partial charge in [0.25, 0.3) is 0 Å². The summed E-state index contributed by atoms with van der Waals surface area (Å²) in [5, 5.41) is 0. The summed E-state index contributed by atoms with van der Waals surface area (Å²) in [6.07, 6.45) is 2.04. The Morgan fingerprint density at radius 2 is 1.89 bits per heavy atom. The van der Waals surface area contributed by atoms with Gasteiger partial charge in [0, 0.05) is 10.8 Å². The molecule has 0 N–H and O–H groups in total. The monoisotopic (exact) mass is 298 g/mol. The van der Waals surface area contributed by atoms with Crippen LogP contribution in [0.3, 0.4) is 0 Å². The molecule has 0 bridgehead atoms. The molecule has 1 atom stereocenters. The molecule has 0 aliphatic carbocycles. The lowest BCUT2D eigenvalue weighted by Gasteiger charge is -2.14. The molecule has 2 rings (SSSR count). The fourth-order valence-electron chi connectivity index (χ4n) is 2.08. The van der Waals surface area contributed by atoms with Gasteiger partial charge in [-0.2, -0.15) is 0 Å². The maximum Gasteiger partial charge on any atom is 0.0931 e. The molecular weight excluding hydrogens is 283 g/mol. The second-order valence-corrected chi connectivity index (χ2v) is 6.67. The Balaban J connectivity index is 2.04. The summed E-state index contributed by atoms with van der Waals surface area (Å²) in [6, 6.07) is 12.6. The zero-order chi connectivity index (χ0) is 13.0. The predicted molar refractivity (Wildman–Crippen MR) is 82.1 cm³/mol. The van der Waals surface area contributed by atoms with Crippen LogP contribution in [0.2, 0.25) is 4.34 Å². The van der Waals surface area contributed by atoms with E-state index in [-0.39, 0.29) is 0 Å². The van der Waals surface area contributed by atoms with E-state index in [1.807, 2.05) is 6.07 Å². The summed E-state index contributed by atoms with van der Waals surface area (Å²) in [7, 11) is 0. The molecule has 3 heteroatoms. The number of thiophene rings is 1. The largest absolute Gasteiger partial charge is 0.128 e. The second-order valence-electron chi connectivity index (χ2n) is 4.56. The molecule has 0 fully saturated rings. The Morgan fingerprint density at radius 1 is 1.11 bits per heavy atom. The molecule has 0 aliphatic heterocycles. The van der Waals surface area contributed by atoms with Gasteiger partial charge >= 0.3 is 0 Å². The van der Waals surface area contributed by atoms with E-state index in [9.17, 15) is 0 Å². The van der Waals surface area contributed by atoms with Crippen molar-refractivity contribution < 1.29 is 0 Å². The molecular formula is C15H16Cl2S. The van der Waals surface area contributed by atoms with Crippen molar-refractivity contribution in [3.63, 3.8) is 0 Å². The fraction of sp³-hybridized carbons (Fsp3) is 0.333. The summed E-state index contributed by atoms with van der Waals surface area (Å²) >= 11 is 13.7. The van der Waals surface area contributed by atoms with E-state index < -0.39 is 0 Å². The molecule has 1 aromatic heterocycles. The van der Waals surface area contributed by atoms with Gasteiger partial charge in [-0.15, -0.1) is 22.9 Å². The number of alkyl halides is 1. The van der Waals surface area contributed by atoms with Crippen molar-refractivity contribution >= 4 is 34.5 Å². The highest BCUT2D eigenvalue weighted by Crippen LogP contribution is 2.26. The van der Waals surface area contributed by atoms with E-state index in [4.69, 9.17) is 23.2 Å². The minimum Gasteiger partial charge on any atom is -0.128 e. The quantitative estimate of drug-likeness (QED) is 0.653. The van der Waals surface area contributed by atoms with E-state index in [0.717, 1.165) is 17.2 Å². The minimum absolute atomic E-state index is 0.475. The van der Waals surface area contributed by atoms with Gasteiger partial charge in [0.15, 0.2) is 0 Å². The van der Waals surface area contributed by atoms with Gasteiger partial charge < -0.3 is 0 Å². The first-order chi connectivity index (χ1) is 8.69. The molecule has 0 amide bonds. The molecule has 0 aliphatic rings. The Labute approximate surface area is 123 Å². The highest BCUT2D eigenvalue weighted by molar-refractivity contribution is 7.16. The lowest BCUT2D eigenvalue weighted by atomic mass is 9.94. The number of hydrogen-bond donors (Lipinski definition) is 0. The lowest BCUT2D eigenvalue weighted by Crippen LogP contribution is -2.10. The Kier molecular flexibility index (Phi) is 5.11. The van der Waals surface area contributed by atoms with Crippen LogP contribution >= 0.6 is 34.5 Å². The third kappa shape index (κ3) is 3.74. The van der Waals surface area contributed by atoms with Crippen molar-refractivity contribution in [2.75, 3.05) is 5.88 Å². The number of benzene rings is 1. The summed E-state index contributed by atoms with van der Waals surface area (Å²) < 4.78 is 0.856. The molecule has 0 saturated heterocycles. The van der Waals surface area contributed by atoms with Gasteiger partial charge in [-0.1, -0.05) is 35.9 Å². The highest BCUT2D eigenvalue weighted by atomic mass is 35.5. The van der Waals surface area contributed by atoms with Crippen molar-refractivity contribution in [3.05, 3.63) is 56.7 Å². The number of aryl methyl sites for hydroxylation is 1. The van der Waals surface area contributed by atoms with Crippen LogP contribution in [0.1, 0.15) is 16.0 Å². The van der Waals surface area contributed by atoms with E-state index in [0.29, 0.717) is 11.8 Å². The Hall–Kier alpha value is -0.500. The molecule has 1 aromatic carbocycles. The van der Waals surface area contributed by atoms with Gasteiger partial charge in [0.1, 0.15) is 0 Å². The molecule has 0 saturated carbocycles.